The van der Waals surface area contributed by atoms with Crippen LogP contribution in [0.3, 0.4) is 0 Å². The van der Waals surface area contributed by atoms with E-state index in [0.717, 1.165) is 38.9 Å². The highest BCUT2D eigenvalue weighted by Gasteiger charge is 2.18. The number of rotatable bonds is 8. The molecule has 3 aromatic carbocycles. The van der Waals surface area contributed by atoms with Gasteiger partial charge in [-0.15, -0.1) is 22.7 Å². The minimum atomic E-state index is -3.29. The molecule has 40 heavy (non-hydrogen) atoms. The van der Waals surface area contributed by atoms with Crippen LogP contribution in [0.5, 0.6) is 0 Å². The quantitative estimate of drug-likeness (QED) is 0.176. The number of hydrogen-bond donors (Lipinski definition) is 0. The third-order valence-electron chi connectivity index (χ3n) is 6.58. The molecule has 0 saturated carbocycles. The van der Waals surface area contributed by atoms with Gasteiger partial charge in [0.05, 0.1) is 31.9 Å². The van der Waals surface area contributed by atoms with Crippen molar-refractivity contribution in [2.45, 2.75) is 18.0 Å². The molecule has 6 rings (SSSR count). The Hall–Kier alpha value is -3.27. The Morgan fingerprint density at radius 3 is 2.42 bits per heavy atom. The zero-order chi connectivity index (χ0) is 27.9. The van der Waals surface area contributed by atoms with E-state index in [2.05, 4.69) is 54.4 Å². The average Bonchev–Trinajstić information content (AvgIpc) is 3.66. The van der Waals surface area contributed by atoms with E-state index in [9.17, 15) is 8.42 Å². The first-order valence-electron chi connectivity index (χ1n) is 12.7. The van der Waals surface area contributed by atoms with Crippen LogP contribution in [-0.2, 0) is 22.9 Å². The first kappa shape index (κ1) is 26.9. The lowest BCUT2D eigenvalue weighted by Crippen LogP contribution is -2.17. The number of hydrogen-bond acceptors (Lipinski definition) is 6. The summed E-state index contributed by atoms with van der Waals surface area (Å²) in [6.07, 6.45) is 1.23. The van der Waals surface area contributed by atoms with Crippen molar-refractivity contribution < 1.29 is 8.42 Å². The zero-order valence-corrected chi connectivity index (χ0v) is 25.1. The third kappa shape index (κ3) is 5.64. The van der Waals surface area contributed by atoms with Crippen molar-refractivity contribution in [3.63, 3.8) is 0 Å². The van der Waals surface area contributed by atoms with E-state index in [4.69, 9.17) is 16.7 Å². The summed E-state index contributed by atoms with van der Waals surface area (Å²) in [5.74, 6) is 0. The first-order valence-corrected chi connectivity index (χ1v) is 16.6. The maximum absolute atomic E-state index is 12.1. The van der Waals surface area contributed by atoms with Crippen LogP contribution in [0.4, 0.5) is 0 Å². The fraction of sp³-hybridized carbons (Fsp3) is 0.129. The number of nitrogens with zero attached hydrogens (tertiary/aromatic N) is 3. The number of benzene rings is 3. The summed E-state index contributed by atoms with van der Waals surface area (Å²) in [5, 5.41) is 6.89. The molecule has 6 aromatic rings. The van der Waals surface area contributed by atoms with Crippen LogP contribution in [0.1, 0.15) is 10.6 Å². The molecule has 3 heterocycles. The van der Waals surface area contributed by atoms with E-state index >= 15 is 0 Å². The Labute approximate surface area is 246 Å². The lowest BCUT2D eigenvalue weighted by Gasteiger charge is -2.13. The van der Waals surface area contributed by atoms with Crippen molar-refractivity contribution in [3.05, 3.63) is 113 Å². The molecule has 0 N–H and O–H groups in total. The Bertz CT molecular complexity index is 1910. The van der Waals surface area contributed by atoms with Gasteiger partial charge in [-0.2, -0.15) is 5.10 Å². The van der Waals surface area contributed by atoms with Gasteiger partial charge in [0.15, 0.2) is 9.84 Å². The molecule has 0 fully saturated rings. The highest BCUT2D eigenvalue weighted by atomic mass is 35.5. The van der Waals surface area contributed by atoms with Crippen LogP contribution in [0, 0.1) is 0 Å². The summed E-state index contributed by atoms with van der Waals surface area (Å²) in [5.41, 5.74) is 3.55. The molecule has 0 amide bonds. The number of para-hydroxylation sites is 1. The molecule has 0 saturated heterocycles. The van der Waals surface area contributed by atoms with Crippen LogP contribution in [0.15, 0.2) is 102 Å². The number of sulfone groups is 1. The molecule has 0 unspecified atom stereocenters. The average molecular weight is 604 g/mol. The minimum absolute atomic E-state index is 0.310. The Morgan fingerprint density at radius 2 is 1.62 bits per heavy atom. The van der Waals surface area contributed by atoms with Gasteiger partial charge in [0.2, 0.25) is 0 Å². The first-order chi connectivity index (χ1) is 19.2. The number of halogens is 1. The number of thiophene rings is 2. The van der Waals surface area contributed by atoms with Crippen molar-refractivity contribution in [1.82, 2.24) is 14.7 Å². The second kappa shape index (κ2) is 11.0. The van der Waals surface area contributed by atoms with E-state index in [-0.39, 0.29) is 0 Å². The predicted octanol–water partition coefficient (Wildman–Crippen LogP) is 8.17. The second-order valence-electron chi connectivity index (χ2n) is 9.77. The lowest BCUT2D eigenvalue weighted by molar-refractivity contribution is 0.317. The molecule has 0 aliphatic rings. The monoisotopic (exact) mass is 603 g/mol. The van der Waals surface area contributed by atoms with E-state index in [1.807, 2.05) is 52.4 Å². The van der Waals surface area contributed by atoms with Gasteiger partial charge in [-0.25, -0.2) is 13.1 Å². The lowest BCUT2D eigenvalue weighted by atomic mass is 10.2. The smallest absolute Gasteiger partial charge is 0.175 e. The fourth-order valence-corrected chi connectivity index (χ4v) is 7.75. The van der Waals surface area contributed by atoms with Gasteiger partial charge >= 0.3 is 0 Å². The van der Waals surface area contributed by atoms with E-state index in [0.29, 0.717) is 16.5 Å². The van der Waals surface area contributed by atoms with Crippen LogP contribution < -0.4 is 0 Å². The Balaban J connectivity index is 1.33. The van der Waals surface area contributed by atoms with Crippen molar-refractivity contribution in [1.29, 1.82) is 0 Å². The largest absolute Gasteiger partial charge is 0.295 e. The van der Waals surface area contributed by atoms with E-state index < -0.39 is 9.84 Å². The van der Waals surface area contributed by atoms with Crippen molar-refractivity contribution in [3.8, 4) is 26.7 Å². The summed E-state index contributed by atoms with van der Waals surface area (Å²) in [6.45, 7) is 1.50. The Morgan fingerprint density at radius 1 is 0.850 bits per heavy atom. The summed E-state index contributed by atoms with van der Waals surface area (Å²) in [7, 11) is -1.19. The molecule has 0 aliphatic carbocycles. The van der Waals surface area contributed by atoms with Gasteiger partial charge in [0, 0.05) is 33.8 Å². The highest BCUT2D eigenvalue weighted by molar-refractivity contribution is 7.90. The summed E-state index contributed by atoms with van der Waals surface area (Å²) < 4.78 is 27.4. The molecular weight excluding hydrogens is 578 g/mol. The molecule has 202 valence electrons. The highest BCUT2D eigenvalue weighted by Crippen LogP contribution is 2.37. The number of aromatic nitrogens is 2. The topological polar surface area (TPSA) is 55.2 Å². The summed E-state index contributed by atoms with van der Waals surface area (Å²) in [6, 6.07) is 31.7. The van der Waals surface area contributed by atoms with E-state index in [1.165, 1.54) is 21.2 Å². The van der Waals surface area contributed by atoms with Crippen molar-refractivity contribution in [2.75, 3.05) is 13.3 Å². The second-order valence-corrected chi connectivity index (χ2v) is 14.4. The van der Waals surface area contributed by atoms with Gasteiger partial charge in [-0.05, 0) is 72.6 Å². The van der Waals surface area contributed by atoms with E-state index in [1.54, 1.807) is 29.5 Å². The summed E-state index contributed by atoms with van der Waals surface area (Å²) >= 11 is 10.0. The molecule has 5 nitrogen and oxygen atoms in total. The van der Waals surface area contributed by atoms with Gasteiger partial charge in [0.1, 0.15) is 0 Å². The van der Waals surface area contributed by atoms with Gasteiger partial charge in [-0.1, -0.05) is 54.1 Å². The molecule has 0 atom stereocenters. The summed E-state index contributed by atoms with van der Waals surface area (Å²) in [4.78, 5) is 5.89. The standard InChI is InChI=1S/C31H26ClN3O2S3/c1-34(20-24-16-21-8-3-6-13-29(21)38-24)19-23-18-28(35(33-23)27-12-5-4-11-26(27)32)31-15-14-30(39-31)22-9-7-10-25(17-22)40(2,36)37/h3-18H,19-20H2,1-2H3. The minimum Gasteiger partial charge on any atom is -0.295 e. The number of fused-ring (bicyclic) bond motifs is 1. The van der Waals surface area contributed by atoms with Crippen LogP contribution >= 0.6 is 34.3 Å². The van der Waals surface area contributed by atoms with Crippen molar-refractivity contribution in [2.24, 2.45) is 0 Å². The third-order valence-corrected chi connectivity index (χ3v) is 10.3. The van der Waals surface area contributed by atoms with Crippen LogP contribution in [0.25, 0.3) is 36.8 Å². The SMILES string of the molecule is CN(Cc1cc(-c2ccc(-c3cccc(S(C)(=O)=O)c3)s2)n(-c2ccccc2Cl)n1)Cc1cc2ccccc2s1. The molecule has 0 aliphatic heterocycles. The maximum atomic E-state index is 12.1. The Kier molecular flexibility index (Phi) is 7.37. The molecular formula is C31H26ClN3O2S3. The zero-order valence-electron chi connectivity index (χ0n) is 21.9. The molecule has 0 radical (unpaired) electrons. The normalized spacial score (nSPS) is 12.0. The fourth-order valence-electron chi connectivity index (χ4n) is 4.71. The van der Waals surface area contributed by atoms with Crippen LogP contribution in [-0.4, -0.2) is 36.4 Å². The van der Waals surface area contributed by atoms with Crippen molar-refractivity contribution >= 4 is 54.2 Å². The van der Waals surface area contributed by atoms with Gasteiger partial charge in [0.25, 0.3) is 0 Å². The molecule has 0 spiro atoms. The molecule has 0 bridgehead atoms. The predicted molar refractivity (Wildman–Crippen MR) is 167 cm³/mol. The van der Waals surface area contributed by atoms with Gasteiger partial charge < -0.3 is 0 Å². The van der Waals surface area contributed by atoms with Crippen LogP contribution in [0.2, 0.25) is 5.02 Å². The maximum Gasteiger partial charge on any atom is 0.175 e. The van der Waals surface area contributed by atoms with Gasteiger partial charge in [-0.3, -0.25) is 4.90 Å². The molecule has 9 heteroatoms. The molecule has 3 aromatic heterocycles.